The van der Waals surface area contributed by atoms with Crippen molar-refractivity contribution >= 4 is 11.8 Å². The number of benzene rings is 2. The molecule has 0 aliphatic rings. The van der Waals surface area contributed by atoms with Gasteiger partial charge in [0.2, 0.25) is 0 Å². The van der Waals surface area contributed by atoms with Gasteiger partial charge in [-0.3, -0.25) is 9.59 Å². The van der Waals surface area contributed by atoms with Gasteiger partial charge in [-0.25, -0.2) is 0 Å². The summed E-state index contributed by atoms with van der Waals surface area (Å²) < 4.78 is 5.13. The summed E-state index contributed by atoms with van der Waals surface area (Å²) in [6, 6.07) is 14.5. The van der Waals surface area contributed by atoms with Crippen LogP contribution in [-0.2, 0) is 6.42 Å². The minimum atomic E-state index is -0.147. The molecule has 0 saturated heterocycles. The molecule has 0 atom stereocenters. The van der Waals surface area contributed by atoms with Gasteiger partial charge in [0.15, 0.2) is 0 Å². The number of carbonyl (C=O) groups is 2. The summed E-state index contributed by atoms with van der Waals surface area (Å²) in [6.45, 7) is 2.10. The second-order valence-corrected chi connectivity index (χ2v) is 6.84. The first kappa shape index (κ1) is 21.4. The molecular weight excluding hydrogens is 354 g/mol. The van der Waals surface area contributed by atoms with Gasteiger partial charge in [-0.2, -0.15) is 0 Å². The summed E-state index contributed by atoms with van der Waals surface area (Å²) in [4.78, 5) is 26.4. The molecule has 0 spiro atoms. The number of hydrogen-bond acceptors (Lipinski definition) is 4. The van der Waals surface area contributed by atoms with Crippen LogP contribution in [0.25, 0.3) is 0 Å². The lowest BCUT2D eigenvalue weighted by atomic mass is 10.1. The molecule has 0 saturated carbocycles. The van der Waals surface area contributed by atoms with Crippen molar-refractivity contribution in [1.82, 2.24) is 15.5 Å². The highest BCUT2D eigenvalue weighted by molar-refractivity contribution is 5.97. The number of nitrogens with one attached hydrogen (secondary N) is 2. The van der Waals surface area contributed by atoms with E-state index in [0.717, 1.165) is 30.7 Å². The van der Waals surface area contributed by atoms with Crippen molar-refractivity contribution in [2.24, 2.45) is 0 Å². The molecule has 2 aromatic rings. The van der Waals surface area contributed by atoms with Crippen LogP contribution >= 0.6 is 0 Å². The number of hydrogen-bond donors (Lipinski definition) is 2. The highest BCUT2D eigenvalue weighted by Crippen LogP contribution is 2.11. The summed E-state index contributed by atoms with van der Waals surface area (Å²) in [6.07, 6.45) is 1.64. The van der Waals surface area contributed by atoms with Gasteiger partial charge < -0.3 is 20.3 Å². The van der Waals surface area contributed by atoms with Crippen molar-refractivity contribution in [3.63, 3.8) is 0 Å². The van der Waals surface area contributed by atoms with Gasteiger partial charge in [0.05, 0.1) is 7.11 Å². The molecule has 0 aliphatic carbocycles. The van der Waals surface area contributed by atoms with Crippen LogP contribution in [0, 0.1) is 0 Å². The molecule has 0 aromatic heterocycles. The first-order valence-electron chi connectivity index (χ1n) is 9.43. The number of amides is 2. The summed E-state index contributed by atoms with van der Waals surface area (Å²) in [7, 11) is 5.64. The van der Waals surface area contributed by atoms with E-state index < -0.39 is 0 Å². The lowest BCUT2D eigenvalue weighted by Gasteiger charge is -2.10. The Morgan fingerprint density at radius 1 is 0.857 bits per heavy atom. The van der Waals surface area contributed by atoms with Crippen molar-refractivity contribution in [3.8, 4) is 5.75 Å². The Bertz CT molecular complexity index is 756. The topological polar surface area (TPSA) is 70.7 Å². The third-order valence-electron chi connectivity index (χ3n) is 4.34. The molecule has 2 aromatic carbocycles. The van der Waals surface area contributed by atoms with Crippen molar-refractivity contribution in [2.45, 2.75) is 12.8 Å². The van der Waals surface area contributed by atoms with Gasteiger partial charge in [0.25, 0.3) is 11.8 Å². The molecule has 6 heteroatoms. The quantitative estimate of drug-likeness (QED) is 0.618. The molecule has 0 unspecified atom stereocenters. The molecule has 2 N–H and O–H groups in total. The van der Waals surface area contributed by atoms with Crippen LogP contribution in [0.3, 0.4) is 0 Å². The molecule has 2 rings (SSSR count). The molecule has 0 heterocycles. The van der Waals surface area contributed by atoms with E-state index in [2.05, 4.69) is 15.5 Å². The van der Waals surface area contributed by atoms with E-state index in [1.54, 1.807) is 31.4 Å². The molecule has 150 valence electrons. The van der Waals surface area contributed by atoms with E-state index in [4.69, 9.17) is 4.74 Å². The largest absolute Gasteiger partial charge is 0.497 e. The van der Waals surface area contributed by atoms with Crippen LogP contribution in [0.15, 0.2) is 48.5 Å². The van der Waals surface area contributed by atoms with Gasteiger partial charge in [-0.15, -0.1) is 0 Å². The zero-order valence-electron chi connectivity index (χ0n) is 16.8. The minimum Gasteiger partial charge on any atom is -0.497 e. The average Bonchev–Trinajstić information content (AvgIpc) is 2.71. The maximum Gasteiger partial charge on any atom is 0.251 e. The maximum atomic E-state index is 12.3. The fourth-order valence-corrected chi connectivity index (χ4v) is 2.69. The fourth-order valence-electron chi connectivity index (χ4n) is 2.69. The van der Waals surface area contributed by atoms with Crippen molar-refractivity contribution in [1.29, 1.82) is 0 Å². The molecule has 0 bridgehead atoms. The predicted molar refractivity (Wildman–Crippen MR) is 111 cm³/mol. The predicted octanol–water partition coefficient (Wildman–Crippen LogP) is 2.35. The first-order chi connectivity index (χ1) is 13.5. The van der Waals surface area contributed by atoms with Crippen molar-refractivity contribution in [3.05, 3.63) is 65.2 Å². The lowest BCUT2D eigenvalue weighted by molar-refractivity contribution is 0.0941. The van der Waals surface area contributed by atoms with Gasteiger partial charge in [-0.05, 0) is 75.4 Å². The molecule has 0 aliphatic heterocycles. The minimum absolute atomic E-state index is 0.120. The molecule has 0 radical (unpaired) electrons. The summed E-state index contributed by atoms with van der Waals surface area (Å²) in [5.74, 6) is 0.547. The second-order valence-electron chi connectivity index (χ2n) is 6.84. The monoisotopic (exact) mass is 383 g/mol. The number of ether oxygens (including phenoxy) is 1. The molecule has 2 amide bonds. The molecule has 0 fully saturated rings. The number of rotatable bonds is 10. The average molecular weight is 383 g/mol. The number of methoxy groups -OCH3 is 1. The molecular formula is C22H29N3O3. The lowest BCUT2D eigenvalue weighted by Crippen LogP contribution is -2.27. The Hall–Kier alpha value is -2.86. The van der Waals surface area contributed by atoms with Gasteiger partial charge in [0.1, 0.15) is 5.75 Å². The molecule has 6 nitrogen and oxygen atoms in total. The summed E-state index contributed by atoms with van der Waals surface area (Å²) >= 11 is 0. The SMILES string of the molecule is COc1ccc(CCNC(=O)c2ccc(C(=O)NCCCN(C)C)cc2)cc1. The third kappa shape index (κ3) is 7.04. The first-order valence-corrected chi connectivity index (χ1v) is 9.43. The zero-order chi connectivity index (χ0) is 20.4. The Balaban J connectivity index is 1.76. The van der Waals surface area contributed by atoms with E-state index >= 15 is 0 Å². The number of nitrogens with zero attached hydrogens (tertiary/aromatic N) is 1. The van der Waals surface area contributed by atoms with E-state index in [1.165, 1.54) is 0 Å². The third-order valence-corrected chi connectivity index (χ3v) is 4.34. The van der Waals surface area contributed by atoms with Gasteiger partial charge in [0, 0.05) is 24.2 Å². The van der Waals surface area contributed by atoms with Gasteiger partial charge >= 0.3 is 0 Å². The Kier molecular flexibility index (Phi) is 8.49. The molecule has 28 heavy (non-hydrogen) atoms. The fraction of sp³-hybridized carbons (Fsp3) is 0.364. The van der Waals surface area contributed by atoms with E-state index in [0.29, 0.717) is 24.2 Å². The maximum absolute atomic E-state index is 12.3. The zero-order valence-corrected chi connectivity index (χ0v) is 16.8. The normalized spacial score (nSPS) is 10.6. The highest BCUT2D eigenvalue weighted by atomic mass is 16.5. The standard InChI is InChI=1S/C22H29N3O3/c1-25(2)16-4-14-23-21(26)18-7-9-19(10-8-18)22(27)24-15-13-17-5-11-20(28-3)12-6-17/h5-12H,4,13-16H2,1-3H3,(H,23,26)(H,24,27). The van der Waals surface area contributed by atoms with Crippen LogP contribution in [0.2, 0.25) is 0 Å². The van der Waals surface area contributed by atoms with Gasteiger partial charge in [-0.1, -0.05) is 12.1 Å². The van der Waals surface area contributed by atoms with Crippen LogP contribution in [0.5, 0.6) is 5.75 Å². The highest BCUT2D eigenvalue weighted by Gasteiger charge is 2.08. The summed E-state index contributed by atoms with van der Waals surface area (Å²) in [5.41, 5.74) is 2.22. The van der Waals surface area contributed by atoms with Crippen LogP contribution in [-0.4, -0.2) is 57.6 Å². The van der Waals surface area contributed by atoms with E-state index in [-0.39, 0.29) is 11.8 Å². The second kappa shape index (κ2) is 11.1. The van der Waals surface area contributed by atoms with E-state index in [1.807, 2.05) is 38.4 Å². The van der Waals surface area contributed by atoms with Crippen molar-refractivity contribution in [2.75, 3.05) is 40.8 Å². The Morgan fingerprint density at radius 3 is 1.89 bits per heavy atom. The van der Waals surface area contributed by atoms with Crippen LogP contribution in [0.1, 0.15) is 32.7 Å². The number of carbonyl (C=O) groups excluding carboxylic acids is 2. The van der Waals surface area contributed by atoms with E-state index in [9.17, 15) is 9.59 Å². The Morgan fingerprint density at radius 2 is 1.39 bits per heavy atom. The smallest absolute Gasteiger partial charge is 0.251 e. The Labute approximate surface area is 166 Å². The van der Waals surface area contributed by atoms with Crippen LogP contribution in [0.4, 0.5) is 0 Å². The van der Waals surface area contributed by atoms with Crippen molar-refractivity contribution < 1.29 is 14.3 Å². The summed E-state index contributed by atoms with van der Waals surface area (Å²) in [5, 5.41) is 5.79. The van der Waals surface area contributed by atoms with Crippen LogP contribution < -0.4 is 15.4 Å².